The SMILES string of the molecule is C=CC(=O)Nc1ccc(Nc2cccc(Nc3nn(C(=O)O)c4c3CN(C(=O)N[C@H](CN(C)C)c3ccccc3)C4(C)C)c2)cc1. The number of carboxylic acid groups (broad SMARTS) is 1. The Balaban J connectivity index is 1.36. The predicted octanol–water partition coefficient (Wildman–Crippen LogP) is 6.08. The van der Waals surface area contributed by atoms with Crippen LogP contribution in [0.3, 0.4) is 0 Å². The molecule has 5 rings (SSSR count). The number of amides is 3. The first-order valence-corrected chi connectivity index (χ1v) is 14.8. The molecule has 2 heterocycles. The summed E-state index contributed by atoms with van der Waals surface area (Å²) in [6, 6.07) is 23.9. The summed E-state index contributed by atoms with van der Waals surface area (Å²) in [4.78, 5) is 41.4. The van der Waals surface area contributed by atoms with Crippen LogP contribution >= 0.6 is 0 Å². The van der Waals surface area contributed by atoms with Crippen LogP contribution < -0.4 is 21.3 Å². The molecule has 12 heteroatoms. The van der Waals surface area contributed by atoms with E-state index in [4.69, 9.17) is 0 Å². The Kier molecular flexibility index (Phi) is 9.10. The number of carbonyl (C=O) groups excluding carboxylic acids is 2. The van der Waals surface area contributed by atoms with Crippen molar-refractivity contribution in [3.05, 3.63) is 108 Å². The fourth-order valence-electron chi connectivity index (χ4n) is 5.60. The molecule has 12 nitrogen and oxygen atoms in total. The number of nitrogens with zero attached hydrogens (tertiary/aromatic N) is 4. The lowest BCUT2D eigenvalue weighted by Gasteiger charge is -2.34. The molecule has 0 saturated carbocycles. The number of likely N-dealkylation sites (N-methyl/N-ethyl adjacent to an activating group) is 1. The van der Waals surface area contributed by atoms with Crippen molar-refractivity contribution in [1.29, 1.82) is 0 Å². The van der Waals surface area contributed by atoms with Gasteiger partial charge in [0, 0.05) is 34.9 Å². The van der Waals surface area contributed by atoms with Gasteiger partial charge in [0.05, 0.1) is 23.8 Å². The molecule has 0 radical (unpaired) electrons. The first-order valence-electron chi connectivity index (χ1n) is 14.8. The molecule has 0 bridgehead atoms. The van der Waals surface area contributed by atoms with E-state index in [1.807, 2.05) is 99.6 Å². The lowest BCUT2D eigenvalue weighted by molar-refractivity contribution is -0.111. The number of carbonyl (C=O) groups is 3. The van der Waals surface area contributed by atoms with Crippen molar-refractivity contribution in [2.75, 3.05) is 36.6 Å². The molecule has 0 aliphatic carbocycles. The molecular formula is C34H38N8O4. The van der Waals surface area contributed by atoms with Crippen molar-refractivity contribution < 1.29 is 19.5 Å². The summed E-state index contributed by atoms with van der Waals surface area (Å²) in [5.74, 6) is 0.0669. The molecule has 1 aliphatic rings. The van der Waals surface area contributed by atoms with E-state index in [1.54, 1.807) is 17.0 Å². The van der Waals surface area contributed by atoms with Crippen LogP contribution in [0.2, 0.25) is 0 Å². The highest BCUT2D eigenvalue weighted by Gasteiger charge is 2.47. The van der Waals surface area contributed by atoms with E-state index in [9.17, 15) is 19.5 Å². The summed E-state index contributed by atoms with van der Waals surface area (Å²) in [5, 5.41) is 27.0. The van der Waals surface area contributed by atoms with Crippen LogP contribution in [0.25, 0.3) is 0 Å². The maximum atomic E-state index is 13.8. The summed E-state index contributed by atoms with van der Waals surface area (Å²) >= 11 is 0. The standard InChI is InChI=1S/C34H38N8O4/c1-6-29(43)36-24-17-15-23(16-18-24)35-25-13-10-14-26(19-25)37-31-27-20-41(34(2,3)30(27)42(39-31)33(45)46)32(44)38-28(21-40(4)5)22-11-8-7-9-12-22/h6-19,28,35H,1,20-21H2,2-5H3,(H,36,43)(H,37,39)(H,38,44)(H,45,46)/t28-/m1/s1. The second-order valence-corrected chi connectivity index (χ2v) is 11.8. The molecule has 1 aliphatic heterocycles. The topological polar surface area (TPSA) is 144 Å². The molecule has 3 aromatic carbocycles. The number of rotatable bonds is 10. The smallest absolute Gasteiger partial charge is 0.432 e. The van der Waals surface area contributed by atoms with Gasteiger partial charge in [-0.2, -0.15) is 4.68 Å². The lowest BCUT2D eigenvalue weighted by Crippen LogP contribution is -2.49. The van der Waals surface area contributed by atoms with Gasteiger partial charge in [-0.1, -0.05) is 43.0 Å². The zero-order valence-electron chi connectivity index (χ0n) is 26.2. The van der Waals surface area contributed by atoms with Crippen LogP contribution in [0, 0.1) is 0 Å². The minimum absolute atomic E-state index is 0.167. The Morgan fingerprint density at radius 2 is 1.61 bits per heavy atom. The maximum absolute atomic E-state index is 13.8. The van der Waals surface area contributed by atoms with Gasteiger partial charge in [0.25, 0.3) is 0 Å². The summed E-state index contributed by atoms with van der Waals surface area (Å²) in [7, 11) is 3.90. The van der Waals surface area contributed by atoms with Gasteiger partial charge in [-0.3, -0.25) is 4.79 Å². The quantitative estimate of drug-likeness (QED) is 0.134. The van der Waals surface area contributed by atoms with Gasteiger partial charge in [0.1, 0.15) is 0 Å². The summed E-state index contributed by atoms with van der Waals surface area (Å²) in [6.07, 6.45) is -0.0295. The normalized spacial score (nSPS) is 13.9. The number of hydrogen-bond acceptors (Lipinski definition) is 7. The minimum Gasteiger partial charge on any atom is -0.463 e. The highest BCUT2D eigenvalue weighted by molar-refractivity contribution is 5.99. The molecule has 3 amide bonds. The molecule has 0 saturated heterocycles. The van der Waals surface area contributed by atoms with Gasteiger partial charge in [-0.15, -0.1) is 5.10 Å². The average molecular weight is 623 g/mol. The van der Waals surface area contributed by atoms with Crippen molar-refractivity contribution in [3.63, 3.8) is 0 Å². The largest absolute Gasteiger partial charge is 0.463 e. The Morgan fingerprint density at radius 3 is 2.24 bits per heavy atom. The Hall–Kier alpha value is -5.62. The molecule has 4 aromatic rings. The number of fused-ring (bicyclic) bond motifs is 1. The van der Waals surface area contributed by atoms with Gasteiger partial charge in [-0.05, 0) is 82.0 Å². The van der Waals surface area contributed by atoms with E-state index >= 15 is 0 Å². The van der Waals surface area contributed by atoms with Crippen molar-refractivity contribution in [1.82, 2.24) is 24.9 Å². The number of benzene rings is 3. The number of anilines is 5. The molecule has 5 N–H and O–H groups in total. The average Bonchev–Trinajstić information content (AvgIpc) is 3.53. The first-order chi connectivity index (χ1) is 22.0. The van der Waals surface area contributed by atoms with Crippen molar-refractivity contribution >= 4 is 46.6 Å². The summed E-state index contributed by atoms with van der Waals surface area (Å²) in [6.45, 7) is 7.86. The second kappa shape index (κ2) is 13.2. The van der Waals surface area contributed by atoms with Gasteiger partial charge in [-0.25, -0.2) is 9.59 Å². The number of aromatic nitrogens is 2. The lowest BCUT2D eigenvalue weighted by atomic mass is 10.0. The van der Waals surface area contributed by atoms with E-state index in [-0.39, 0.29) is 24.5 Å². The van der Waals surface area contributed by atoms with Gasteiger partial charge < -0.3 is 36.2 Å². The van der Waals surface area contributed by atoms with Gasteiger partial charge in [0.15, 0.2) is 5.82 Å². The monoisotopic (exact) mass is 622 g/mol. The molecule has 46 heavy (non-hydrogen) atoms. The predicted molar refractivity (Wildman–Crippen MR) is 179 cm³/mol. The maximum Gasteiger partial charge on any atom is 0.432 e. The number of nitrogens with one attached hydrogen (secondary N) is 4. The third-order valence-electron chi connectivity index (χ3n) is 7.78. The minimum atomic E-state index is -1.24. The summed E-state index contributed by atoms with van der Waals surface area (Å²) in [5.41, 5.74) is 3.96. The van der Waals surface area contributed by atoms with Crippen LogP contribution in [0.5, 0.6) is 0 Å². The third-order valence-corrected chi connectivity index (χ3v) is 7.78. The van der Waals surface area contributed by atoms with Crippen molar-refractivity contribution in [2.45, 2.75) is 32.0 Å². The molecule has 1 aromatic heterocycles. The molecule has 0 unspecified atom stereocenters. The second-order valence-electron chi connectivity index (χ2n) is 11.8. The van der Waals surface area contributed by atoms with Crippen LogP contribution in [-0.2, 0) is 16.9 Å². The molecule has 0 spiro atoms. The zero-order chi connectivity index (χ0) is 33.0. The van der Waals surface area contributed by atoms with E-state index < -0.39 is 11.6 Å². The number of hydrogen-bond donors (Lipinski definition) is 5. The first kappa shape index (κ1) is 31.8. The Bertz CT molecular complexity index is 1750. The van der Waals surface area contributed by atoms with E-state index in [1.165, 1.54) is 6.08 Å². The van der Waals surface area contributed by atoms with Crippen molar-refractivity contribution in [2.24, 2.45) is 0 Å². The molecular weight excluding hydrogens is 584 g/mol. The number of urea groups is 1. The van der Waals surface area contributed by atoms with Crippen LogP contribution in [-0.4, -0.2) is 63.4 Å². The highest BCUT2D eigenvalue weighted by Crippen LogP contribution is 2.43. The molecule has 238 valence electrons. The molecule has 0 fully saturated rings. The Morgan fingerprint density at radius 1 is 0.957 bits per heavy atom. The van der Waals surface area contributed by atoms with E-state index in [2.05, 4.69) is 32.9 Å². The summed E-state index contributed by atoms with van der Waals surface area (Å²) < 4.78 is 0.953. The van der Waals surface area contributed by atoms with Crippen LogP contribution in [0.15, 0.2) is 91.5 Å². The Labute approximate surface area is 267 Å². The fraction of sp³-hybridized carbons (Fsp3) is 0.235. The fourth-order valence-corrected chi connectivity index (χ4v) is 5.60. The third kappa shape index (κ3) is 6.87. The van der Waals surface area contributed by atoms with E-state index in [0.29, 0.717) is 35.0 Å². The van der Waals surface area contributed by atoms with E-state index in [0.717, 1.165) is 21.6 Å². The van der Waals surface area contributed by atoms with Crippen molar-refractivity contribution in [3.8, 4) is 0 Å². The van der Waals surface area contributed by atoms with Crippen LogP contribution in [0.1, 0.15) is 36.7 Å². The zero-order valence-corrected chi connectivity index (χ0v) is 26.2. The van der Waals surface area contributed by atoms with Gasteiger partial charge in [0.2, 0.25) is 5.91 Å². The molecule has 1 atom stereocenters. The van der Waals surface area contributed by atoms with Gasteiger partial charge >= 0.3 is 12.1 Å². The van der Waals surface area contributed by atoms with Crippen LogP contribution in [0.4, 0.5) is 38.2 Å². The highest BCUT2D eigenvalue weighted by atomic mass is 16.4.